The Morgan fingerprint density at radius 2 is 0.962 bits per heavy atom. The highest BCUT2D eigenvalue weighted by Crippen LogP contribution is 2.18. The molecule has 0 aromatic heterocycles. The Morgan fingerprint density at radius 1 is 0.654 bits per heavy atom. The molecular weight excluding hydrogens is 324 g/mol. The lowest BCUT2D eigenvalue weighted by atomic mass is 10.0. The van der Waals surface area contributed by atoms with Crippen molar-refractivity contribution in [3.63, 3.8) is 0 Å². The summed E-state index contributed by atoms with van der Waals surface area (Å²) in [7, 11) is 0. The van der Waals surface area contributed by atoms with Gasteiger partial charge in [-0.1, -0.05) is 52.0 Å². The topological polar surface area (TPSA) is 58.2 Å². The van der Waals surface area contributed by atoms with E-state index in [1.54, 1.807) is 0 Å². The van der Waals surface area contributed by atoms with Crippen molar-refractivity contribution in [2.75, 3.05) is 10.6 Å². The Kier molecular flexibility index (Phi) is 6.96. The summed E-state index contributed by atoms with van der Waals surface area (Å²) in [5, 5.41) is 5.66. The molecule has 2 rings (SSSR count). The lowest BCUT2D eigenvalue weighted by Crippen LogP contribution is -2.17. The van der Waals surface area contributed by atoms with Gasteiger partial charge < -0.3 is 10.6 Å². The van der Waals surface area contributed by atoms with Crippen LogP contribution in [0.15, 0.2) is 48.5 Å². The van der Waals surface area contributed by atoms with E-state index in [0.29, 0.717) is 11.8 Å². The molecule has 0 unspecified atom stereocenters. The number of hydrogen-bond donors (Lipinski definition) is 2. The van der Waals surface area contributed by atoms with Crippen molar-refractivity contribution in [3.05, 3.63) is 59.7 Å². The molecule has 0 aliphatic carbocycles. The summed E-state index contributed by atoms with van der Waals surface area (Å²) in [6.45, 7) is 8.51. The van der Waals surface area contributed by atoms with Gasteiger partial charge in [-0.15, -0.1) is 0 Å². The average molecular weight is 352 g/mol. The third-order valence-corrected chi connectivity index (χ3v) is 4.30. The van der Waals surface area contributed by atoms with Gasteiger partial charge in [0.15, 0.2) is 0 Å². The zero-order valence-corrected chi connectivity index (χ0v) is 16.0. The molecule has 26 heavy (non-hydrogen) atoms. The van der Waals surface area contributed by atoms with E-state index in [9.17, 15) is 9.59 Å². The Morgan fingerprint density at radius 3 is 1.23 bits per heavy atom. The summed E-state index contributed by atoms with van der Waals surface area (Å²) in [6.07, 6.45) is 0.309. The zero-order chi connectivity index (χ0) is 19.1. The van der Waals surface area contributed by atoms with Crippen LogP contribution in [0.25, 0.3) is 0 Å². The van der Waals surface area contributed by atoms with Crippen LogP contribution in [0, 0.1) is 0 Å². The molecule has 0 atom stereocenters. The molecule has 0 fully saturated rings. The van der Waals surface area contributed by atoms with Gasteiger partial charge in [0.2, 0.25) is 11.8 Å². The maximum Gasteiger partial charge on any atom is 0.224 e. The van der Waals surface area contributed by atoms with Crippen molar-refractivity contribution >= 4 is 23.2 Å². The van der Waals surface area contributed by atoms with Crippen LogP contribution < -0.4 is 10.6 Å². The van der Waals surface area contributed by atoms with Crippen LogP contribution in [0.1, 0.15) is 63.5 Å². The molecule has 0 saturated carbocycles. The van der Waals surface area contributed by atoms with E-state index in [-0.39, 0.29) is 24.7 Å². The molecule has 0 aliphatic rings. The van der Waals surface area contributed by atoms with Crippen LogP contribution in [0.2, 0.25) is 0 Å². The molecule has 0 radical (unpaired) electrons. The maximum absolute atomic E-state index is 12.0. The van der Waals surface area contributed by atoms with Crippen molar-refractivity contribution in [1.29, 1.82) is 0 Å². The number of rotatable bonds is 7. The highest BCUT2D eigenvalue weighted by Gasteiger charge is 2.08. The fourth-order valence-corrected chi connectivity index (χ4v) is 2.58. The van der Waals surface area contributed by atoms with Gasteiger partial charge in [0.05, 0.1) is 0 Å². The van der Waals surface area contributed by atoms with E-state index in [4.69, 9.17) is 0 Å². The third kappa shape index (κ3) is 6.03. The maximum atomic E-state index is 12.0. The number of carbonyl (C=O) groups is 2. The highest BCUT2D eigenvalue weighted by molar-refractivity contribution is 5.96. The molecular formula is C22H28N2O2. The summed E-state index contributed by atoms with van der Waals surface area (Å²) >= 11 is 0. The number of benzene rings is 2. The Labute approximate surface area is 156 Å². The van der Waals surface area contributed by atoms with Gasteiger partial charge in [0.25, 0.3) is 0 Å². The van der Waals surface area contributed by atoms with Crippen LogP contribution in [-0.2, 0) is 9.59 Å². The fourth-order valence-electron chi connectivity index (χ4n) is 2.58. The summed E-state index contributed by atoms with van der Waals surface area (Å²) in [6, 6.07) is 15.6. The number of anilines is 2. The Hall–Kier alpha value is -2.62. The Balaban J connectivity index is 1.78. The number of carbonyl (C=O) groups excluding carboxylic acids is 2. The molecule has 2 amide bonds. The molecule has 0 spiro atoms. The lowest BCUT2D eigenvalue weighted by Gasteiger charge is -2.09. The minimum absolute atomic E-state index is 0.155. The van der Waals surface area contributed by atoms with Gasteiger partial charge in [-0.05, 0) is 47.2 Å². The summed E-state index contributed by atoms with van der Waals surface area (Å²) in [4.78, 5) is 24.0. The first-order valence-corrected chi connectivity index (χ1v) is 9.14. The number of hydrogen-bond acceptors (Lipinski definition) is 2. The monoisotopic (exact) mass is 352 g/mol. The molecule has 0 aliphatic heterocycles. The predicted molar refractivity (Wildman–Crippen MR) is 108 cm³/mol. The van der Waals surface area contributed by atoms with Gasteiger partial charge in [-0.2, -0.15) is 0 Å². The number of amides is 2. The zero-order valence-electron chi connectivity index (χ0n) is 16.0. The van der Waals surface area contributed by atoms with Gasteiger partial charge in [-0.25, -0.2) is 0 Å². The minimum Gasteiger partial charge on any atom is -0.326 e. The SMILES string of the molecule is CC(C)c1ccc(NC(=O)CCC(=O)Nc2ccc(C(C)C)cc2)cc1. The molecule has 4 heteroatoms. The molecule has 0 saturated heterocycles. The first kappa shape index (κ1) is 19.7. The second-order valence-electron chi connectivity index (χ2n) is 7.15. The van der Waals surface area contributed by atoms with Crippen molar-refractivity contribution in [2.45, 2.75) is 52.4 Å². The molecule has 2 aromatic rings. The summed E-state index contributed by atoms with van der Waals surface area (Å²) in [5.74, 6) is 0.594. The van der Waals surface area contributed by atoms with Gasteiger partial charge in [-0.3, -0.25) is 9.59 Å². The van der Waals surface area contributed by atoms with Crippen LogP contribution in [-0.4, -0.2) is 11.8 Å². The first-order chi connectivity index (χ1) is 12.3. The normalized spacial score (nSPS) is 10.8. The lowest BCUT2D eigenvalue weighted by molar-refractivity contribution is -0.121. The van der Waals surface area contributed by atoms with Crippen molar-refractivity contribution in [1.82, 2.24) is 0 Å². The summed E-state index contributed by atoms with van der Waals surface area (Å²) < 4.78 is 0. The van der Waals surface area contributed by atoms with E-state index in [2.05, 4.69) is 38.3 Å². The van der Waals surface area contributed by atoms with E-state index in [0.717, 1.165) is 11.4 Å². The molecule has 0 bridgehead atoms. The van der Waals surface area contributed by atoms with E-state index in [1.807, 2.05) is 48.5 Å². The van der Waals surface area contributed by atoms with Gasteiger partial charge >= 0.3 is 0 Å². The predicted octanol–water partition coefficient (Wildman–Crippen LogP) is 5.29. The van der Waals surface area contributed by atoms with Gasteiger partial charge in [0.1, 0.15) is 0 Å². The average Bonchev–Trinajstić information content (AvgIpc) is 2.61. The van der Waals surface area contributed by atoms with Crippen LogP contribution in [0.5, 0.6) is 0 Å². The largest absolute Gasteiger partial charge is 0.326 e. The standard InChI is InChI=1S/C22H28N2O2/c1-15(2)17-5-9-19(10-6-17)23-21(25)13-14-22(26)24-20-11-7-18(8-12-20)16(3)4/h5-12,15-16H,13-14H2,1-4H3,(H,23,25)(H,24,26). The second kappa shape index (κ2) is 9.18. The van der Waals surface area contributed by atoms with Crippen molar-refractivity contribution < 1.29 is 9.59 Å². The second-order valence-corrected chi connectivity index (χ2v) is 7.15. The molecule has 2 N–H and O–H groups in total. The smallest absolute Gasteiger partial charge is 0.224 e. The quantitative estimate of drug-likeness (QED) is 0.711. The number of nitrogens with one attached hydrogen (secondary N) is 2. The van der Waals surface area contributed by atoms with E-state index >= 15 is 0 Å². The molecule has 2 aromatic carbocycles. The fraction of sp³-hybridized carbons (Fsp3) is 0.364. The third-order valence-electron chi connectivity index (χ3n) is 4.30. The highest BCUT2D eigenvalue weighted by atomic mass is 16.2. The molecule has 0 heterocycles. The first-order valence-electron chi connectivity index (χ1n) is 9.14. The van der Waals surface area contributed by atoms with Gasteiger partial charge in [0, 0.05) is 24.2 Å². The van der Waals surface area contributed by atoms with E-state index in [1.165, 1.54) is 11.1 Å². The van der Waals surface area contributed by atoms with E-state index < -0.39 is 0 Å². The minimum atomic E-state index is -0.160. The Bertz CT molecular complexity index is 666. The molecule has 4 nitrogen and oxygen atoms in total. The summed E-state index contributed by atoms with van der Waals surface area (Å²) in [5.41, 5.74) is 3.96. The van der Waals surface area contributed by atoms with Crippen LogP contribution in [0.4, 0.5) is 11.4 Å². The van der Waals surface area contributed by atoms with Crippen LogP contribution >= 0.6 is 0 Å². The van der Waals surface area contributed by atoms with Crippen molar-refractivity contribution in [3.8, 4) is 0 Å². The van der Waals surface area contributed by atoms with Crippen LogP contribution in [0.3, 0.4) is 0 Å². The van der Waals surface area contributed by atoms with Crippen molar-refractivity contribution in [2.24, 2.45) is 0 Å². The molecule has 138 valence electrons.